The fraction of sp³-hybridized carbons (Fsp3) is 0.333. The number of nitrogens with zero attached hydrogens (tertiary/aromatic N) is 2. The fourth-order valence-corrected chi connectivity index (χ4v) is 2.65. The van der Waals surface area contributed by atoms with Crippen LogP contribution < -0.4 is 9.47 Å². The molecule has 2 rings (SSSR count). The number of hydrogen-bond acceptors (Lipinski definition) is 4. The predicted molar refractivity (Wildman–Crippen MR) is 97.2 cm³/mol. The van der Waals surface area contributed by atoms with Gasteiger partial charge in [0.1, 0.15) is 11.5 Å². The number of ether oxygens (including phenoxy) is 2. The Morgan fingerprint density at radius 2 is 1.35 bits per heavy atom. The highest BCUT2D eigenvalue weighted by Crippen LogP contribution is 2.37. The topological polar surface area (TPSA) is 66.0 Å². The van der Waals surface area contributed by atoms with Crippen molar-refractivity contribution in [3.8, 4) is 23.6 Å². The highest BCUT2D eigenvalue weighted by atomic mass is 19.4. The van der Waals surface area contributed by atoms with Crippen LogP contribution in [0.25, 0.3) is 0 Å². The van der Waals surface area contributed by atoms with Gasteiger partial charge in [-0.25, -0.2) is 0 Å². The highest BCUT2D eigenvalue weighted by Gasteiger charge is 2.35. The first kappa shape index (κ1) is 23.9. The van der Waals surface area contributed by atoms with E-state index in [1.807, 2.05) is 0 Å². The summed E-state index contributed by atoms with van der Waals surface area (Å²) in [5.41, 5.74) is -2.74. The summed E-state index contributed by atoms with van der Waals surface area (Å²) in [7, 11) is 0. The predicted octanol–water partition coefficient (Wildman–Crippen LogP) is 6.10. The molecule has 0 fully saturated rings. The van der Waals surface area contributed by atoms with E-state index < -0.39 is 29.0 Å². The minimum Gasteiger partial charge on any atom is -0.494 e. The average molecular weight is 442 g/mol. The van der Waals surface area contributed by atoms with E-state index in [9.17, 15) is 26.3 Å². The summed E-state index contributed by atoms with van der Waals surface area (Å²) in [4.78, 5) is 0. The lowest BCUT2D eigenvalue weighted by Gasteiger charge is -2.14. The minimum atomic E-state index is -4.68. The molecule has 0 N–H and O–H groups in total. The lowest BCUT2D eigenvalue weighted by atomic mass is 10.1. The van der Waals surface area contributed by atoms with E-state index in [2.05, 4.69) is 0 Å². The van der Waals surface area contributed by atoms with Gasteiger partial charge in [0.05, 0.1) is 47.6 Å². The molecule has 0 saturated heterocycles. The molecule has 0 amide bonds. The number of alkyl halides is 6. The summed E-state index contributed by atoms with van der Waals surface area (Å²) in [6, 6.07) is 9.20. The number of benzene rings is 2. The summed E-state index contributed by atoms with van der Waals surface area (Å²) in [6.07, 6.45) is -8.01. The van der Waals surface area contributed by atoms with Crippen LogP contribution in [0.3, 0.4) is 0 Å². The van der Waals surface area contributed by atoms with E-state index in [-0.39, 0.29) is 30.3 Å². The normalized spacial score (nSPS) is 11.5. The Kier molecular flexibility index (Phi) is 7.76. The Labute approximate surface area is 174 Å². The van der Waals surface area contributed by atoms with Gasteiger partial charge < -0.3 is 9.47 Å². The first-order valence-electron chi connectivity index (χ1n) is 9.04. The summed E-state index contributed by atoms with van der Waals surface area (Å²) in [6.45, 7) is 0.0813. The van der Waals surface area contributed by atoms with E-state index >= 15 is 0 Å². The maximum absolute atomic E-state index is 13.1. The zero-order chi connectivity index (χ0) is 23.1. The second-order valence-electron chi connectivity index (χ2n) is 6.40. The van der Waals surface area contributed by atoms with Gasteiger partial charge in [-0.2, -0.15) is 36.9 Å². The van der Waals surface area contributed by atoms with Crippen molar-refractivity contribution in [3.05, 3.63) is 58.7 Å². The van der Waals surface area contributed by atoms with Gasteiger partial charge in [-0.1, -0.05) is 0 Å². The Bertz CT molecular complexity index is 987. The van der Waals surface area contributed by atoms with Crippen molar-refractivity contribution in [3.63, 3.8) is 0 Å². The second kappa shape index (κ2) is 10.1. The molecule has 0 aromatic heterocycles. The van der Waals surface area contributed by atoms with Crippen molar-refractivity contribution in [1.82, 2.24) is 0 Å². The SMILES string of the molecule is N#Cc1ccc(OCCCCCOc2ccc(C#N)c(C(F)(F)F)c2)c(C(F)(F)F)c1. The number of rotatable bonds is 8. The lowest BCUT2D eigenvalue weighted by Crippen LogP contribution is -2.10. The maximum Gasteiger partial charge on any atom is 0.420 e. The van der Waals surface area contributed by atoms with E-state index in [4.69, 9.17) is 20.0 Å². The monoisotopic (exact) mass is 442 g/mol. The van der Waals surface area contributed by atoms with Gasteiger partial charge in [0.15, 0.2) is 0 Å². The Morgan fingerprint density at radius 1 is 0.710 bits per heavy atom. The summed E-state index contributed by atoms with van der Waals surface area (Å²) < 4.78 is 88.4. The summed E-state index contributed by atoms with van der Waals surface area (Å²) in [5.74, 6) is -0.407. The fourth-order valence-electron chi connectivity index (χ4n) is 2.65. The van der Waals surface area contributed by atoms with Gasteiger partial charge in [0.25, 0.3) is 0 Å². The summed E-state index contributed by atoms with van der Waals surface area (Å²) in [5, 5.41) is 17.5. The molecule has 164 valence electrons. The number of nitriles is 2. The summed E-state index contributed by atoms with van der Waals surface area (Å²) >= 11 is 0. The Balaban J connectivity index is 1.81. The van der Waals surface area contributed by atoms with Crippen molar-refractivity contribution in [1.29, 1.82) is 10.5 Å². The molecule has 31 heavy (non-hydrogen) atoms. The molecule has 0 saturated carbocycles. The minimum absolute atomic E-state index is 0.00985. The van der Waals surface area contributed by atoms with E-state index in [1.54, 1.807) is 6.07 Å². The first-order valence-corrected chi connectivity index (χ1v) is 9.04. The third-order valence-corrected chi connectivity index (χ3v) is 4.15. The third-order valence-electron chi connectivity index (χ3n) is 4.15. The van der Waals surface area contributed by atoms with Crippen LogP contribution in [0, 0.1) is 22.7 Å². The van der Waals surface area contributed by atoms with Crippen molar-refractivity contribution in [2.24, 2.45) is 0 Å². The van der Waals surface area contributed by atoms with Gasteiger partial charge in [-0.05, 0) is 55.7 Å². The van der Waals surface area contributed by atoms with E-state index in [1.165, 1.54) is 18.2 Å². The van der Waals surface area contributed by atoms with Crippen LogP contribution in [0.15, 0.2) is 36.4 Å². The average Bonchev–Trinajstić information content (AvgIpc) is 2.71. The lowest BCUT2D eigenvalue weighted by molar-refractivity contribution is -0.139. The van der Waals surface area contributed by atoms with Crippen LogP contribution in [0.2, 0.25) is 0 Å². The van der Waals surface area contributed by atoms with Gasteiger partial charge >= 0.3 is 12.4 Å². The molecule has 0 unspecified atom stereocenters. The van der Waals surface area contributed by atoms with Gasteiger partial charge in [-0.3, -0.25) is 0 Å². The molecular formula is C21H16F6N2O2. The zero-order valence-corrected chi connectivity index (χ0v) is 16.0. The van der Waals surface area contributed by atoms with Crippen molar-refractivity contribution in [2.45, 2.75) is 31.6 Å². The van der Waals surface area contributed by atoms with Crippen LogP contribution in [0.4, 0.5) is 26.3 Å². The highest BCUT2D eigenvalue weighted by molar-refractivity contribution is 5.44. The largest absolute Gasteiger partial charge is 0.494 e. The molecular weight excluding hydrogens is 426 g/mol. The molecule has 10 heteroatoms. The zero-order valence-electron chi connectivity index (χ0n) is 16.0. The first-order chi connectivity index (χ1) is 14.6. The number of unbranched alkanes of at least 4 members (excludes halogenated alkanes) is 2. The Morgan fingerprint density at radius 3 is 1.94 bits per heavy atom. The molecule has 2 aromatic carbocycles. The molecule has 0 aliphatic heterocycles. The van der Waals surface area contributed by atoms with Crippen molar-refractivity contribution >= 4 is 0 Å². The van der Waals surface area contributed by atoms with Gasteiger partial charge in [0, 0.05) is 0 Å². The van der Waals surface area contributed by atoms with Crippen LogP contribution in [-0.2, 0) is 12.4 Å². The van der Waals surface area contributed by atoms with Crippen molar-refractivity contribution in [2.75, 3.05) is 13.2 Å². The Hall–Kier alpha value is -3.40. The van der Waals surface area contributed by atoms with Crippen molar-refractivity contribution < 1.29 is 35.8 Å². The molecule has 0 spiro atoms. The van der Waals surface area contributed by atoms with Crippen LogP contribution in [0.1, 0.15) is 41.5 Å². The molecule has 0 aliphatic carbocycles. The van der Waals surface area contributed by atoms with Crippen LogP contribution in [-0.4, -0.2) is 13.2 Å². The smallest absolute Gasteiger partial charge is 0.420 e. The second-order valence-corrected chi connectivity index (χ2v) is 6.40. The molecule has 0 aliphatic rings. The quantitative estimate of drug-likeness (QED) is 0.366. The molecule has 0 bridgehead atoms. The van der Waals surface area contributed by atoms with E-state index in [0.29, 0.717) is 19.3 Å². The van der Waals surface area contributed by atoms with E-state index in [0.717, 1.165) is 24.3 Å². The molecule has 2 aromatic rings. The standard InChI is InChI=1S/C21H16F6N2O2/c22-20(23,24)17-11-16(6-5-15(17)13-29)30-8-2-1-3-9-31-19-7-4-14(12-28)10-18(19)21(25,26)27/h4-7,10-11H,1-3,8-9H2. The molecule has 0 atom stereocenters. The van der Waals surface area contributed by atoms with Gasteiger partial charge in [0.2, 0.25) is 0 Å². The number of halogens is 6. The number of hydrogen-bond donors (Lipinski definition) is 0. The van der Waals surface area contributed by atoms with Gasteiger partial charge in [-0.15, -0.1) is 0 Å². The van der Waals surface area contributed by atoms with Crippen LogP contribution >= 0.6 is 0 Å². The third kappa shape index (κ3) is 6.82. The van der Waals surface area contributed by atoms with Crippen LogP contribution in [0.5, 0.6) is 11.5 Å². The molecule has 0 radical (unpaired) electrons. The molecule has 4 nitrogen and oxygen atoms in total. The maximum atomic E-state index is 13.1. The molecule has 0 heterocycles.